The average Bonchev–Trinajstić information content (AvgIpc) is 3.27. The Bertz CT molecular complexity index is 1640. The van der Waals surface area contributed by atoms with Crippen molar-refractivity contribution in [2.24, 2.45) is 5.10 Å². The van der Waals surface area contributed by atoms with Crippen LogP contribution in [0.25, 0.3) is 11.1 Å². The zero-order valence-electron chi connectivity index (χ0n) is 22.3. The number of carbonyl (C=O) groups excluding carboxylic acids is 1. The van der Waals surface area contributed by atoms with E-state index >= 15 is 0 Å². The maximum Gasteiger partial charge on any atom is 0.511 e. The van der Waals surface area contributed by atoms with Crippen molar-refractivity contribution in [1.29, 1.82) is 0 Å². The molecular weight excluding hydrogens is 518 g/mol. The van der Waals surface area contributed by atoms with E-state index < -0.39 is 6.16 Å². The quantitative estimate of drug-likeness (QED) is 0.0989. The van der Waals surface area contributed by atoms with Crippen LogP contribution < -0.4 is 15.1 Å². The number of aromatic hydroxyl groups is 1. The summed E-state index contributed by atoms with van der Waals surface area (Å²) in [6, 6.07) is 27.3. The fourth-order valence-corrected chi connectivity index (χ4v) is 5.71. The highest BCUT2D eigenvalue weighted by molar-refractivity contribution is 6.55. The smallest absolute Gasteiger partial charge is 0.505 e. The van der Waals surface area contributed by atoms with Gasteiger partial charge in [0.1, 0.15) is 11.5 Å². The summed E-state index contributed by atoms with van der Waals surface area (Å²) in [7, 11) is 0. The van der Waals surface area contributed by atoms with Crippen molar-refractivity contribution in [2.75, 3.05) is 10.3 Å². The number of hydrazone groups is 1. The van der Waals surface area contributed by atoms with Gasteiger partial charge in [-0.15, -0.1) is 0 Å². The molecular formula is C33H29N3O5. The molecule has 1 fully saturated rings. The predicted octanol–water partition coefficient (Wildman–Crippen LogP) is 7.66. The third kappa shape index (κ3) is 5.24. The van der Waals surface area contributed by atoms with E-state index in [1.54, 1.807) is 35.2 Å². The lowest BCUT2D eigenvalue weighted by Gasteiger charge is -2.23. The Morgan fingerprint density at radius 2 is 1.61 bits per heavy atom. The van der Waals surface area contributed by atoms with Crippen LogP contribution in [0.1, 0.15) is 49.1 Å². The number of hydrogen-bond acceptors (Lipinski definition) is 6. The van der Waals surface area contributed by atoms with E-state index in [0.717, 1.165) is 11.4 Å². The van der Waals surface area contributed by atoms with E-state index in [1.165, 1.54) is 49.8 Å². The third-order valence-electron chi connectivity index (χ3n) is 7.71. The molecule has 0 aromatic heterocycles. The Kier molecular flexibility index (Phi) is 7.12. The Hall–Kier alpha value is -5.11. The number of fused-ring (bicyclic) bond motifs is 1. The van der Waals surface area contributed by atoms with Crippen molar-refractivity contribution >= 4 is 34.8 Å². The maximum atomic E-state index is 13.7. The fraction of sp³-hybridized carbons (Fsp3) is 0.182. The predicted molar refractivity (Wildman–Crippen MR) is 158 cm³/mol. The monoisotopic (exact) mass is 547 g/mol. The van der Waals surface area contributed by atoms with Crippen LogP contribution in [0.3, 0.4) is 0 Å². The minimum atomic E-state index is -1.42. The Labute approximate surface area is 237 Å². The van der Waals surface area contributed by atoms with Gasteiger partial charge in [-0.1, -0.05) is 73.9 Å². The molecule has 41 heavy (non-hydrogen) atoms. The molecule has 2 aliphatic rings. The first-order valence-corrected chi connectivity index (χ1v) is 13.7. The molecule has 206 valence electrons. The van der Waals surface area contributed by atoms with Crippen LogP contribution in [0.15, 0.2) is 96.1 Å². The number of ether oxygens (including phenoxy) is 1. The average molecular weight is 548 g/mol. The van der Waals surface area contributed by atoms with Crippen molar-refractivity contribution in [3.05, 3.63) is 102 Å². The summed E-state index contributed by atoms with van der Waals surface area (Å²) in [4.78, 5) is 26.3. The zero-order valence-corrected chi connectivity index (χ0v) is 22.3. The van der Waals surface area contributed by atoms with Crippen LogP contribution in [0.2, 0.25) is 0 Å². The van der Waals surface area contributed by atoms with Crippen molar-refractivity contribution < 1.29 is 24.5 Å². The molecule has 1 heterocycles. The maximum absolute atomic E-state index is 13.7. The van der Waals surface area contributed by atoms with Gasteiger partial charge in [0.2, 0.25) is 0 Å². The second kappa shape index (κ2) is 11.2. The topological polar surface area (TPSA) is 111 Å². The zero-order chi connectivity index (χ0) is 28.3. The highest BCUT2D eigenvalue weighted by atomic mass is 16.7. The molecule has 0 atom stereocenters. The molecule has 6 rings (SSSR count). The highest BCUT2D eigenvalue weighted by Crippen LogP contribution is 2.39. The lowest BCUT2D eigenvalue weighted by atomic mass is 9.84. The van der Waals surface area contributed by atoms with Gasteiger partial charge in [0.25, 0.3) is 5.91 Å². The molecule has 0 unspecified atom stereocenters. The van der Waals surface area contributed by atoms with Crippen molar-refractivity contribution in [3.8, 4) is 22.6 Å². The standard InChI is InChI=1S/C33H29N3O5/c37-31-26(23-10-6-11-25(20-23)41-33(39)40)13-7-14-28(31)34-35-30-27-12-4-5-15-29(27)36(32(30)38)24-18-16-22(17-19-24)21-8-2-1-3-9-21/h4-7,10-21,34,37H,1-3,8-9H2,(H,39,40). The summed E-state index contributed by atoms with van der Waals surface area (Å²) in [5, 5.41) is 24.4. The first-order chi connectivity index (χ1) is 20.0. The number of rotatable bonds is 6. The summed E-state index contributed by atoms with van der Waals surface area (Å²) in [6.07, 6.45) is 4.84. The second-order valence-electron chi connectivity index (χ2n) is 10.3. The van der Waals surface area contributed by atoms with Gasteiger partial charge in [-0.3, -0.25) is 15.1 Å². The second-order valence-corrected chi connectivity index (χ2v) is 10.3. The normalized spacial score (nSPS) is 16.0. The van der Waals surface area contributed by atoms with Gasteiger partial charge in [0.15, 0.2) is 5.71 Å². The summed E-state index contributed by atoms with van der Waals surface area (Å²) in [5.41, 5.74) is 7.94. The number of carboxylic acid groups (broad SMARTS) is 1. The van der Waals surface area contributed by atoms with Gasteiger partial charge >= 0.3 is 6.16 Å². The van der Waals surface area contributed by atoms with Gasteiger partial charge in [-0.05, 0) is 66.3 Å². The first kappa shape index (κ1) is 26.1. The number of benzene rings is 4. The van der Waals surface area contributed by atoms with Crippen LogP contribution in [0.5, 0.6) is 11.5 Å². The van der Waals surface area contributed by atoms with Crippen molar-refractivity contribution in [1.82, 2.24) is 0 Å². The largest absolute Gasteiger partial charge is 0.511 e. The number of carbonyl (C=O) groups is 2. The molecule has 1 amide bonds. The third-order valence-corrected chi connectivity index (χ3v) is 7.71. The van der Waals surface area contributed by atoms with E-state index in [1.807, 2.05) is 36.4 Å². The number of anilines is 3. The highest BCUT2D eigenvalue weighted by Gasteiger charge is 2.35. The summed E-state index contributed by atoms with van der Waals surface area (Å²) < 4.78 is 4.75. The van der Waals surface area contributed by atoms with Gasteiger partial charge < -0.3 is 14.9 Å². The van der Waals surface area contributed by atoms with E-state index in [9.17, 15) is 14.7 Å². The van der Waals surface area contributed by atoms with E-state index in [-0.39, 0.29) is 23.1 Å². The fourth-order valence-electron chi connectivity index (χ4n) is 5.71. The number of nitrogens with zero attached hydrogens (tertiary/aromatic N) is 2. The molecule has 1 saturated carbocycles. The van der Waals surface area contributed by atoms with Crippen LogP contribution in [-0.2, 0) is 4.79 Å². The molecule has 1 aliphatic carbocycles. The number of phenols is 1. The Morgan fingerprint density at radius 3 is 2.39 bits per heavy atom. The molecule has 8 nitrogen and oxygen atoms in total. The number of hydrogen-bond donors (Lipinski definition) is 3. The van der Waals surface area contributed by atoms with Crippen LogP contribution in [-0.4, -0.2) is 28.0 Å². The van der Waals surface area contributed by atoms with Gasteiger partial charge in [0.05, 0.1) is 11.4 Å². The van der Waals surface area contributed by atoms with Crippen LogP contribution in [0, 0.1) is 0 Å². The minimum absolute atomic E-state index is 0.0989. The summed E-state index contributed by atoms with van der Waals surface area (Å²) >= 11 is 0. The Morgan fingerprint density at radius 1 is 0.878 bits per heavy atom. The summed E-state index contributed by atoms with van der Waals surface area (Å²) in [5.74, 6) is 0.348. The van der Waals surface area contributed by atoms with Crippen molar-refractivity contribution in [3.63, 3.8) is 0 Å². The van der Waals surface area contributed by atoms with Gasteiger partial charge in [0, 0.05) is 16.8 Å². The first-order valence-electron chi connectivity index (χ1n) is 13.7. The molecule has 4 aromatic rings. The summed E-state index contributed by atoms with van der Waals surface area (Å²) in [6.45, 7) is 0. The molecule has 4 aromatic carbocycles. The number of phenolic OH excluding ortho intramolecular Hbond substituents is 1. The minimum Gasteiger partial charge on any atom is -0.505 e. The lowest BCUT2D eigenvalue weighted by Crippen LogP contribution is -2.26. The molecule has 0 radical (unpaired) electrons. The lowest BCUT2D eigenvalue weighted by molar-refractivity contribution is -0.111. The van der Waals surface area contributed by atoms with Crippen molar-refractivity contribution in [2.45, 2.75) is 38.0 Å². The van der Waals surface area contributed by atoms with Crippen LogP contribution >= 0.6 is 0 Å². The molecule has 1 aliphatic heterocycles. The molecule has 8 heteroatoms. The number of nitrogens with one attached hydrogen (secondary N) is 1. The molecule has 0 saturated heterocycles. The molecule has 0 spiro atoms. The van der Waals surface area contributed by atoms with Gasteiger partial charge in [-0.25, -0.2) is 4.79 Å². The van der Waals surface area contributed by atoms with E-state index in [0.29, 0.717) is 28.3 Å². The molecule has 3 N–H and O–H groups in total. The van der Waals surface area contributed by atoms with E-state index in [4.69, 9.17) is 9.84 Å². The Balaban J connectivity index is 1.28. The number of para-hydroxylation sites is 2. The van der Waals surface area contributed by atoms with Crippen LogP contribution in [0.4, 0.5) is 21.9 Å². The molecule has 0 bridgehead atoms. The SMILES string of the molecule is O=C(O)Oc1cccc(-c2cccc(NN=C3C(=O)N(c4ccc(C5CCCCC5)cc4)c4ccccc43)c2O)c1. The number of amides is 1. The van der Waals surface area contributed by atoms with E-state index in [2.05, 4.69) is 22.7 Å². The van der Waals surface area contributed by atoms with Gasteiger partial charge in [-0.2, -0.15) is 5.10 Å².